The molecule has 0 saturated heterocycles. The highest BCUT2D eigenvalue weighted by atomic mass is 14.3. The van der Waals surface area contributed by atoms with E-state index in [2.05, 4.69) is 26.5 Å². The molecule has 1 fully saturated rings. The Morgan fingerprint density at radius 2 is 1.85 bits per heavy atom. The average molecular weight is 180 g/mol. The van der Waals surface area contributed by atoms with Gasteiger partial charge in [-0.05, 0) is 43.4 Å². The quantitative estimate of drug-likeness (QED) is 0.562. The molecular weight excluding hydrogens is 156 g/mol. The van der Waals surface area contributed by atoms with Crippen molar-refractivity contribution in [2.24, 2.45) is 17.8 Å². The summed E-state index contributed by atoms with van der Waals surface area (Å²) in [6.07, 6.45) is 10.5. The van der Waals surface area contributed by atoms with Gasteiger partial charge in [0.15, 0.2) is 0 Å². The van der Waals surface area contributed by atoms with Crippen molar-refractivity contribution in [3.8, 4) is 0 Å². The van der Waals surface area contributed by atoms with Crippen molar-refractivity contribution in [2.45, 2.75) is 52.4 Å². The Kier molecular flexibility index (Phi) is 4.55. The average Bonchev–Trinajstić information content (AvgIpc) is 2.15. The Labute approximate surface area is 83.4 Å². The summed E-state index contributed by atoms with van der Waals surface area (Å²) in [4.78, 5) is 0. The molecule has 0 unspecified atom stereocenters. The van der Waals surface area contributed by atoms with Crippen LogP contribution in [-0.4, -0.2) is 0 Å². The lowest BCUT2D eigenvalue weighted by atomic mass is 9.76. The van der Waals surface area contributed by atoms with E-state index in [4.69, 9.17) is 0 Å². The van der Waals surface area contributed by atoms with Crippen LogP contribution in [0, 0.1) is 17.8 Å². The maximum absolute atomic E-state index is 3.79. The molecule has 76 valence electrons. The normalized spacial score (nSPS) is 29.2. The second-order valence-electron chi connectivity index (χ2n) is 4.89. The lowest BCUT2D eigenvalue weighted by molar-refractivity contribution is 0.218. The molecule has 1 rings (SSSR count). The molecular formula is C13H24. The van der Waals surface area contributed by atoms with Gasteiger partial charge in [-0.25, -0.2) is 0 Å². The number of allylic oxidation sites excluding steroid dienone is 1. The molecule has 0 spiro atoms. The minimum atomic E-state index is 0.903. The van der Waals surface area contributed by atoms with Gasteiger partial charge in [-0.2, -0.15) is 0 Å². The molecule has 0 radical (unpaired) electrons. The Morgan fingerprint density at radius 1 is 1.23 bits per heavy atom. The van der Waals surface area contributed by atoms with Gasteiger partial charge in [0.2, 0.25) is 0 Å². The first-order chi connectivity index (χ1) is 6.24. The highest BCUT2D eigenvalue weighted by Gasteiger charge is 2.22. The van der Waals surface area contributed by atoms with Crippen LogP contribution in [0.25, 0.3) is 0 Å². The summed E-state index contributed by atoms with van der Waals surface area (Å²) in [7, 11) is 0. The van der Waals surface area contributed by atoms with Crippen molar-refractivity contribution >= 4 is 0 Å². The molecule has 0 bridgehead atoms. The zero-order valence-corrected chi connectivity index (χ0v) is 9.26. The summed E-state index contributed by atoms with van der Waals surface area (Å²) >= 11 is 0. The summed E-state index contributed by atoms with van der Waals surface area (Å²) in [6.45, 7) is 8.53. The summed E-state index contributed by atoms with van der Waals surface area (Å²) in [5.74, 6) is 2.92. The molecule has 13 heavy (non-hydrogen) atoms. The second-order valence-corrected chi connectivity index (χ2v) is 4.89. The molecule has 0 N–H and O–H groups in total. The molecule has 1 aliphatic carbocycles. The van der Waals surface area contributed by atoms with Crippen LogP contribution >= 0.6 is 0 Å². The van der Waals surface area contributed by atoms with Crippen molar-refractivity contribution in [2.75, 3.05) is 0 Å². The molecule has 1 saturated carbocycles. The maximum atomic E-state index is 3.79. The van der Waals surface area contributed by atoms with E-state index in [0.717, 1.165) is 17.8 Å². The minimum absolute atomic E-state index is 0.903. The van der Waals surface area contributed by atoms with Crippen LogP contribution in [0.5, 0.6) is 0 Å². The predicted octanol–water partition coefficient (Wildman–Crippen LogP) is 4.42. The second kappa shape index (κ2) is 5.47. The van der Waals surface area contributed by atoms with E-state index in [0.29, 0.717) is 0 Å². The molecule has 1 aliphatic rings. The first-order valence-corrected chi connectivity index (χ1v) is 5.85. The van der Waals surface area contributed by atoms with E-state index in [1.54, 1.807) is 0 Å². The zero-order valence-electron chi connectivity index (χ0n) is 9.26. The van der Waals surface area contributed by atoms with E-state index >= 15 is 0 Å². The van der Waals surface area contributed by atoms with Gasteiger partial charge in [0, 0.05) is 0 Å². The molecule has 0 aromatic rings. The van der Waals surface area contributed by atoms with E-state index in [-0.39, 0.29) is 0 Å². The van der Waals surface area contributed by atoms with Gasteiger partial charge in [0.1, 0.15) is 0 Å². The fraction of sp³-hybridized carbons (Fsp3) is 0.846. The third-order valence-electron chi connectivity index (χ3n) is 3.61. The van der Waals surface area contributed by atoms with Gasteiger partial charge in [0.25, 0.3) is 0 Å². The van der Waals surface area contributed by atoms with Gasteiger partial charge in [-0.1, -0.05) is 32.8 Å². The van der Waals surface area contributed by atoms with E-state index in [1.807, 2.05) is 0 Å². The Morgan fingerprint density at radius 3 is 2.31 bits per heavy atom. The monoisotopic (exact) mass is 180 g/mol. The van der Waals surface area contributed by atoms with Crippen LogP contribution < -0.4 is 0 Å². The summed E-state index contributed by atoms with van der Waals surface area (Å²) in [5, 5.41) is 0. The van der Waals surface area contributed by atoms with Crippen LogP contribution in [0.3, 0.4) is 0 Å². The maximum Gasteiger partial charge on any atom is -0.0351 e. The molecule has 0 atom stereocenters. The Bertz CT molecular complexity index is 138. The largest absolute Gasteiger partial charge is 0.103 e. The minimum Gasteiger partial charge on any atom is -0.103 e. The van der Waals surface area contributed by atoms with E-state index < -0.39 is 0 Å². The first kappa shape index (κ1) is 10.8. The van der Waals surface area contributed by atoms with Crippen molar-refractivity contribution in [1.82, 2.24) is 0 Å². The highest BCUT2D eigenvalue weighted by Crippen LogP contribution is 2.35. The van der Waals surface area contributed by atoms with Gasteiger partial charge >= 0.3 is 0 Å². The number of hydrogen-bond acceptors (Lipinski definition) is 0. The van der Waals surface area contributed by atoms with E-state index in [1.165, 1.54) is 38.5 Å². The van der Waals surface area contributed by atoms with Crippen LogP contribution in [0.15, 0.2) is 12.7 Å². The molecule has 0 aromatic carbocycles. The van der Waals surface area contributed by atoms with Crippen LogP contribution in [-0.2, 0) is 0 Å². The fourth-order valence-corrected chi connectivity index (χ4v) is 2.50. The van der Waals surface area contributed by atoms with Crippen molar-refractivity contribution in [1.29, 1.82) is 0 Å². The van der Waals surface area contributed by atoms with Crippen LogP contribution in [0.1, 0.15) is 52.4 Å². The van der Waals surface area contributed by atoms with Crippen molar-refractivity contribution in [3.05, 3.63) is 12.7 Å². The lowest BCUT2D eigenvalue weighted by Gasteiger charge is -2.30. The summed E-state index contributed by atoms with van der Waals surface area (Å²) < 4.78 is 0. The van der Waals surface area contributed by atoms with Crippen molar-refractivity contribution in [3.63, 3.8) is 0 Å². The third-order valence-corrected chi connectivity index (χ3v) is 3.61. The smallest absolute Gasteiger partial charge is 0.0351 e. The zero-order chi connectivity index (χ0) is 9.68. The topological polar surface area (TPSA) is 0 Å². The fourth-order valence-electron chi connectivity index (χ4n) is 2.50. The van der Waals surface area contributed by atoms with Gasteiger partial charge in [-0.3, -0.25) is 0 Å². The van der Waals surface area contributed by atoms with Gasteiger partial charge in [-0.15, -0.1) is 6.58 Å². The molecule has 0 heterocycles. The number of rotatable bonds is 4. The van der Waals surface area contributed by atoms with Gasteiger partial charge < -0.3 is 0 Å². The molecule has 0 aromatic heterocycles. The van der Waals surface area contributed by atoms with Crippen LogP contribution in [0.2, 0.25) is 0 Å². The number of hydrogen-bond donors (Lipinski definition) is 0. The van der Waals surface area contributed by atoms with Crippen molar-refractivity contribution < 1.29 is 0 Å². The molecule has 0 aliphatic heterocycles. The Balaban J connectivity index is 2.18. The molecule has 0 nitrogen and oxygen atoms in total. The highest BCUT2D eigenvalue weighted by molar-refractivity contribution is 4.77. The SMILES string of the molecule is C=CCCC1CCC(C(C)C)CC1. The van der Waals surface area contributed by atoms with E-state index in [9.17, 15) is 0 Å². The standard InChI is InChI=1S/C13H24/c1-4-5-6-12-7-9-13(10-8-12)11(2)3/h4,11-13H,1,5-10H2,2-3H3. The Hall–Kier alpha value is -0.260. The molecule has 0 heteroatoms. The lowest BCUT2D eigenvalue weighted by Crippen LogP contribution is -2.18. The first-order valence-electron chi connectivity index (χ1n) is 5.85. The summed E-state index contributed by atoms with van der Waals surface area (Å²) in [6, 6.07) is 0. The predicted molar refractivity (Wildman–Crippen MR) is 59.7 cm³/mol. The van der Waals surface area contributed by atoms with Crippen LogP contribution in [0.4, 0.5) is 0 Å². The third kappa shape index (κ3) is 3.54. The molecule has 0 amide bonds. The summed E-state index contributed by atoms with van der Waals surface area (Å²) in [5.41, 5.74) is 0. The van der Waals surface area contributed by atoms with Gasteiger partial charge in [0.05, 0.1) is 0 Å².